The van der Waals surface area contributed by atoms with Gasteiger partial charge in [0.1, 0.15) is 5.75 Å². The van der Waals surface area contributed by atoms with E-state index in [-0.39, 0.29) is 24.0 Å². The van der Waals surface area contributed by atoms with Gasteiger partial charge in [0.05, 0.1) is 12.2 Å². The van der Waals surface area contributed by atoms with E-state index < -0.39 is 12.1 Å². The molecule has 0 bridgehead atoms. The predicted molar refractivity (Wildman–Crippen MR) is 98.2 cm³/mol. The van der Waals surface area contributed by atoms with Crippen LogP contribution in [0, 0.1) is 0 Å². The maximum absolute atomic E-state index is 12.6. The van der Waals surface area contributed by atoms with E-state index >= 15 is 0 Å². The molecular formula is C19H24F3NO3S. The smallest absolute Gasteiger partial charge is 0.420 e. The SMILES string of the molecule is CCCN1C[C@@H](CSC)O[C@@H]2Cc3c(cccc3OC(=O)C(F)(F)F)C[C@H]21. The summed E-state index contributed by atoms with van der Waals surface area (Å²) in [7, 11) is 0. The van der Waals surface area contributed by atoms with Gasteiger partial charge in [-0.15, -0.1) is 0 Å². The molecule has 4 nitrogen and oxygen atoms in total. The van der Waals surface area contributed by atoms with Crippen molar-refractivity contribution in [2.75, 3.05) is 25.1 Å². The van der Waals surface area contributed by atoms with Crippen LogP contribution in [0.1, 0.15) is 24.5 Å². The molecule has 1 fully saturated rings. The van der Waals surface area contributed by atoms with Crippen molar-refractivity contribution < 1.29 is 27.4 Å². The summed E-state index contributed by atoms with van der Waals surface area (Å²) >= 11 is 1.72. The molecule has 0 radical (unpaired) electrons. The molecule has 0 amide bonds. The molecule has 3 rings (SSSR count). The van der Waals surface area contributed by atoms with Crippen molar-refractivity contribution in [2.24, 2.45) is 0 Å². The van der Waals surface area contributed by atoms with Crippen LogP contribution in [-0.2, 0) is 22.4 Å². The summed E-state index contributed by atoms with van der Waals surface area (Å²) in [5.41, 5.74) is 1.58. The molecule has 2 aliphatic rings. The summed E-state index contributed by atoms with van der Waals surface area (Å²) in [6, 6.07) is 5.16. The summed E-state index contributed by atoms with van der Waals surface area (Å²) < 4.78 is 48.7. The zero-order chi connectivity index (χ0) is 19.6. The van der Waals surface area contributed by atoms with Crippen molar-refractivity contribution in [3.63, 3.8) is 0 Å². The third-order valence-corrected chi connectivity index (χ3v) is 5.77. The first-order valence-electron chi connectivity index (χ1n) is 9.11. The lowest BCUT2D eigenvalue weighted by atomic mass is 9.83. The number of ether oxygens (including phenoxy) is 2. The maximum atomic E-state index is 12.6. The van der Waals surface area contributed by atoms with Crippen molar-refractivity contribution in [2.45, 2.75) is 50.6 Å². The number of alkyl halides is 3. The van der Waals surface area contributed by atoms with Crippen LogP contribution in [0.4, 0.5) is 13.2 Å². The van der Waals surface area contributed by atoms with Crippen LogP contribution in [0.3, 0.4) is 0 Å². The van der Waals surface area contributed by atoms with Gasteiger partial charge in [-0.05, 0) is 37.3 Å². The van der Waals surface area contributed by atoms with Crippen LogP contribution >= 0.6 is 11.8 Å². The molecule has 1 aliphatic carbocycles. The van der Waals surface area contributed by atoms with E-state index in [9.17, 15) is 18.0 Å². The minimum absolute atomic E-state index is 0.00842. The van der Waals surface area contributed by atoms with Gasteiger partial charge in [0.25, 0.3) is 0 Å². The van der Waals surface area contributed by atoms with E-state index in [1.807, 2.05) is 12.3 Å². The lowest BCUT2D eigenvalue weighted by molar-refractivity contribution is -0.189. The Bertz CT molecular complexity index is 683. The Kier molecular flexibility index (Phi) is 6.38. The van der Waals surface area contributed by atoms with Gasteiger partial charge in [-0.1, -0.05) is 19.1 Å². The number of carbonyl (C=O) groups is 1. The molecule has 0 unspecified atom stereocenters. The number of benzene rings is 1. The number of nitrogens with zero attached hydrogens (tertiary/aromatic N) is 1. The summed E-state index contributed by atoms with van der Waals surface area (Å²) in [5, 5.41) is 0. The number of hydrogen-bond donors (Lipinski definition) is 0. The molecule has 27 heavy (non-hydrogen) atoms. The third-order valence-electron chi connectivity index (χ3n) is 5.07. The van der Waals surface area contributed by atoms with E-state index in [4.69, 9.17) is 4.74 Å². The molecule has 1 saturated heterocycles. The number of halogens is 3. The minimum atomic E-state index is -5.01. The highest BCUT2D eigenvalue weighted by molar-refractivity contribution is 7.98. The summed E-state index contributed by atoms with van der Waals surface area (Å²) in [6.07, 6.45) is -0.825. The van der Waals surface area contributed by atoms with Crippen molar-refractivity contribution >= 4 is 17.7 Å². The fourth-order valence-corrected chi connectivity index (χ4v) is 4.55. The van der Waals surface area contributed by atoms with Crippen molar-refractivity contribution in [1.29, 1.82) is 0 Å². The number of hydrogen-bond acceptors (Lipinski definition) is 5. The molecule has 1 aliphatic heterocycles. The fraction of sp³-hybridized carbons (Fsp3) is 0.632. The zero-order valence-corrected chi connectivity index (χ0v) is 16.2. The Morgan fingerprint density at radius 2 is 2.15 bits per heavy atom. The summed E-state index contributed by atoms with van der Waals surface area (Å²) in [4.78, 5) is 13.7. The second kappa shape index (κ2) is 8.41. The average Bonchev–Trinajstić information content (AvgIpc) is 2.60. The highest BCUT2D eigenvalue weighted by Gasteiger charge is 2.43. The van der Waals surface area contributed by atoms with E-state index in [0.29, 0.717) is 18.4 Å². The summed E-state index contributed by atoms with van der Waals surface area (Å²) in [6.45, 7) is 3.97. The highest BCUT2D eigenvalue weighted by atomic mass is 32.2. The molecular weight excluding hydrogens is 379 g/mol. The number of morpholine rings is 1. The van der Waals surface area contributed by atoms with Gasteiger partial charge in [0.2, 0.25) is 0 Å². The summed E-state index contributed by atoms with van der Waals surface area (Å²) in [5.74, 6) is -1.32. The maximum Gasteiger partial charge on any atom is 0.491 e. The first-order valence-corrected chi connectivity index (χ1v) is 10.5. The fourth-order valence-electron chi connectivity index (χ4n) is 3.99. The minimum Gasteiger partial charge on any atom is -0.420 e. The Morgan fingerprint density at radius 3 is 2.81 bits per heavy atom. The van der Waals surface area contributed by atoms with Gasteiger partial charge >= 0.3 is 12.1 Å². The van der Waals surface area contributed by atoms with Crippen molar-refractivity contribution in [3.8, 4) is 5.75 Å². The van der Waals surface area contributed by atoms with E-state index in [1.54, 1.807) is 17.8 Å². The number of rotatable bonds is 5. The number of carbonyl (C=O) groups excluding carboxylic acids is 1. The van der Waals surface area contributed by atoms with Gasteiger partial charge in [-0.3, -0.25) is 4.90 Å². The van der Waals surface area contributed by atoms with Crippen LogP contribution in [0.25, 0.3) is 0 Å². The average molecular weight is 403 g/mol. The lowest BCUT2D eigenvalue weighted by Gasteiger charge is -2.47. The van der Waals surface area contributed by atoms with E-state index in [0.717, 1.165) is 30.8 Å². The second-order valence-corrected chi connectivity index (χ2v) is 7.91. The van der Waals surface area contributed by atoms with Gasteiger partial charge in [-0.25, -0.2) is 4.79 Å². The van der Waals surface area contributed by atoms with Crippen LogP contribution < -0.4 is 4.74 Å². The van der Waals surface area contributed by atoms with Gasteiger partial charge < -0.3 is 9.47 Å². The Balaban J connectivity index is 1.85. The van der Waals surface area contributed by atoms with Crippen molar-refractivity contribution in [3.05, 3.63) is 29.3 Å². The van der Waals surface area contributed by atoms with Gasteiger partial charge in [0.15, 0.2) is 0 Å². The van der Waals surface area contributed by atoms with E-state index in [1.165, 1.54) is 6.07 Å². The molecule has 3 atom stereocenters. The van der Waals surface area contributed by atoms with Crippen LogP contribution in [0.5, 0.6) is 5.75 Å². The third kappa shape index (κ3) is 4.60. The lowest BCUT2D eigenvalue weighted by Crippen LogP contribution is -2.58. The molecule has 1 heterocycles. The van der Waals surface area contributed by atoms with Crippen LogP contribution in [0.2, 0.25) is 0 Å². The Labute approximate surface area is 161 Å². The van der Waals surface area contributed by atoms with Gasteiger partial charge in [-0.2, -0.15) is 24.9 Å². The quantitative estimate of drug-likeness (QED) is 0.556. The molecule has 0 N–H and O–H groups in total. The normalized spacial score (nSPS) is 25.6. The molecule has 0 saturated carbocycles. The number of fused-ring (bicyclic) bond motifs is 2. The monoisotopic (exact) mass is 403 g/mol. The number of esters is 1. The molecule has 0 aromatic heterocycles. The first-order chi connectivity index (χ1) is 12.8. The molecule has 1 aromatic carbocycles. The predicted octanol–water partition coefficient (Wildman–Crippen LogP) is 3.46. The van der Waals surface area contributed by atoms with E-state index in [2.05, 4.69) is 16.6 Å². The van der Waals surface area contributed by atoms with Crippen LogP contribution in [-0.4, -0.2) is 60.4 Å². The van der Waals surface area contributed by atoms with Gasteiger partial charge in [0, 0.05) is 30.3 Å². The topological polar surface area (TPSA) is 38.8 Å². The Morgan fingerprint density at radius 1 is 1.37 bits per heavy atom. The largest absolute Gasteiger partial charge is 0.491 e. The molecule has 8 heteroatoms. The van der Waals surface area contributed by atoms with Crippen LogP contribution in [0.15, 0.2) is 18.2 Å². The molecule has 1 aromatic rings. The standard InChI is InChI=1S/C19H24F3NO3S/c1-3-7-23-10-13(11-27-2)25-17-9-14-12(8-15(17)23)5-4-6-16(14)26-18(24)19(20,21)22/h4-6,13,15,17H,3,7-11H2,1-2H3/t13-,15+,17+/m0/s1. The highest BCUT2D eigenvalue weighted by Crippen LogP contribution is 2.36. The zero-order valence-electron chi connectivity index (χ0n) is 15.4. The molecule has 0 spiro atoms. The van der Waals surface area contributed by atoms with Crippen molar-refractivity contribution in [1.82, 2.24) is 4.90 Å². The second-order valence-electron chi connectivity index (χ2n) is 7.00. The number of thioether (sulfide) groups is 1. The molecule has 150 valence electrons. The Hall–Kier alpha value is -1.25. The first kappa shape index (κ1) is 20.5.